The average molecular weight is 370 g/mol. The molecule has 0 N–H and O–H groups in total. The SMILES string of the molecule is CN1C(=O)SC(=Cc2ccccc2OCc2ccc([N+](=O)[O-])cc2)C1=O. The minimum atomic E-state index is -0.458. The van der Waals surface area contributed by atoms with Gasteiger partial charge in [0.15, 0.2) is 0 Å². The Labute approximate surface area is 153 Å². The first-order valence-corrected chi connectivity index (χ1v) is 8.44. The molecule has 0 unspecified atom stereocenters. The van der Waals surface area contributed by atoms with Crippen LogP contribution in [0.25, 0.3) is 6.08 Å². The molecule has 1 fully saturated rings. The first-order chi connectivity index (χ1) is 12.5. The molecule has 26 heavy (non-hydrogen) atoms. The van der Waals surface area contributed by atoms with Gasteiger partial charge in [0, 0.05) is 24.7 Å². The summed E-state index contributed by atoms with van der Waals surface area (Å²) in [6.07, 6.45) is 1.62. The molecule has 2 amide bonds. The largest absolute Gasteiger partial charge is 0.488 e. The number of para-hydroxylation sites is 1. The van der Waals surface area contributed by atoms with E-state index >= 15 is 0 Å². The topological polar surface area (TPSA) is 89.8 Å². The Kier molecular flexibility index (Phi) is 5.04. The molecule has 2 aromatic carbocycles. The summed E-state index contributed by atoms with van der Waals surface area (Å²) in [5, 5.41) is 10.4. The van der Waals surface area contributed by atoms with E-state index in [4.69, 9.17) is 4.74 Å². The highest BCUT2D eigenvalue weighted by Gasteiger charge is 2.31. The van der Waals surface area contributed by atoms with Crippen LogP contribution in [-0.4, -0.2) is 28.0 Å². The highest BCUT2D eigenvalue weighted by Crippen LogP contribution is 2.33. The molecule has 3 rings (SSSR count). The van der Waals surface area contributed by atoms with Crippen molar-refractivity contribution in [3.8, 4) is 5.75 Å². The van der Waals surface area contributed by atoms with E-state index in [0.717, 1.165) is 22.2 Å². The third-order valence-electron chi connectivity index (χ3n) is 3.73. The number of carbonyl (C=O) groups excluding carboxylic acids is 2. The first-order valence-electron chi connectivity index (χ1n) is 7.62. The van der Waals surface area contributed by atoms with E-state index < -0.39 is 4.92 Å². The van der Waals surface area contributed by atoms with Crippen molar-refractivity contribution in [1.29, 1.82) is 0 Å². The van der Waals surface area contributed by atoms with E-state index in [2.05, 4.69) is 0 Å². The number of hydrogen-bond donors (Lipinski definition) is 0. The highest BCUT2D eigenvalue weighted by molar-refractivity contribution is 8.18. The second-order valence-corrected chi connectivity index (χ2v) is 6.48. The Morgan fingerprint density at radius 1 is 1.15 bits per heavy atom. The maximum absolute atomic E-state index is 12.0. The monoisotopic (exact) mass is 370 g/mol. The molecule has 0 atom stereocenters. The lowest BCUT2D eigenvalue weighted by Crippen LogP contribution is -2.22. The lowest BCUT2D eigenvalue weighted by molar-refractivity contribution is -0.384. The number of thioether (sulfide) groups is 1. The molecule has 7 nitrogen and oxygen atoms in total. The van der Waals surface area contributed by atoms with Crippen molar-refractivity contribution < 1.29 is 19.2 Å². The van der Waals surface area contributed by atoms with Crippen molar-refractivity contribution in [2.75, 3.05) is 7.05 Å². The number of nitro benzene ring substituents is 1. The molecule has 0 aromatic heterocycles. The summed E-state index contributed by atoms with van der Waals surface area (Å²) < 4.78 is 5.79. The fourth-order valence-electron chi connectivity index (χ4n) is 2.29. The number of rotatable bonds is 5. The fraction of sp³-hybridized carbons (Fsp3) is 0.111. The zero-order valence-corrected chi connectivity index (χ0v) is 14.6. The van der Waals surface area contributed by atoms with Gasteiger partial charge < -0.3 is 4.74 Å². The zero-order valence-electron chi connectivity index (χ0n) is 13.7. The van der Waals surface area contributed by atoms with E-state index in [1.165, 1.54) is 19.2 Å². The standard InChI is InChI=1S/C18H14N2O5S/c1-19-17(21)16(26-18(19)22)10-13-4-2-3-5-15(13)25-11-12-6-8-14(9-7-12)20(23)24/h2-10H,11H2,1H3. The average Bonchev–Trinajstić information content (AvgIpc) is 2.88. The van der Waals surface area contributed by atoms with Crippen LogP contribution in [0.4, 0.5) is 10.5 Å². The molecule has 0 aliphatic carbocycles. The molecule has 1 aliphatic rings. The van der Waals surface area contributed by atoms with Crippen molar-refractivity contribution in [1.82, 2.24) is 4.90 Å². The maximum atomic E-state index is 12.0. The van der Waals surface area contributed by atoms with Crippen molar-refractivity contribution in [2.45, 2.75) is 6.61 Å². The third kappa shape index (κ3) is 3.75. The minimum absolute atomic E-state index is 0.0180. The van der Waals surface area contributed by atoms with Gasteiger partial charge in [-0.15, -0.1) is 0 Å². The third-order valence-corrected chi connectivity index (χ3v) is 4.69. The van der Waals surface area contributed by atoms with Gasteiger partial charge in [-0.25, -0.2) is 0 Å². The number of amides is 2. The van der Waals surface area contributed by atoms with Gasteiger partial charge in [0.2, 0.25) is 0 Å². The Hall–Kier alpha value is -3.13. The Balaban J connectivity index is 1.76. The summed E-state index contributed by atoms with van der Waals surface area (Å²) in [7, 11) is 1.44. The molecule has 132 valence electrons. The molecule has 0 radical (unpaired) electrons. The van der Waals surface area contributed by atoms with Gasteiger partial charge in [0.1, 0.15) is 12.4 Å². The summed E-state index contributed by atoms with van der Waals surface area (Å²) in [6.45, 7) is 0.220. The summed E-state index contributed by atoms with van der Waals surface area (Å²) in [5.74, 6) is 0.207. The highest BCUT2D eigenvalue weighted by atomic mass is 32.2. The number of benzene rings is 2. The van der Waals surface area contributed by atoms with E-state index in [1.54, 1.807) is 42.5 Å². The lowest BCUT2D eigenvalue weighted by Gasteiger charge is -2.09. The number of nitrogens with zero attached hydrogens (tertiary/aromatic N) is 2. The molecular formula is C18H14N2O5S. The smallest absolute Gasteiger partial charge is 0.293 e. The van der Waals surface area contributed by atoms with E-state index in [-0.39, 0.29) is 23.4 Å². The lowest BCUT2D eigenvalue weighted by atomic mass is 10.1. The normalized spacial score (nSPS) is 15.6. The second kappa shape index (κ2) is 7.40. The van der Waals surface area contributed by atoms with Crippen LogP contribution in [0.5, 0.6) is 5.75 Å². The number of nitro groups is 1. The second-order valence-electron chi connectivity index (χ2n) is 5.49. The van der Waals surface area contributed by atoms with E-state index in [1.807, 2.05) is 0 Å². The predicted molar refractivity (Wildman–Crippen MR) is 97.6 cm³/mol. The predicted octanol–water partition coefficient (Wildman–Crippen LogP) is 3.84. The Morgan fingerprint density at radius 2 is 1.85 bits per heavy atom. The van der Waals surface area contributed by atoms with E-state index in [0.29, 0.717) is 16.2 Å². The van der Waals surface area contributed by atoms with E-state index in [9.17, 15) is 19.7 Å². The molecule has 8 heteroatoms. The van der Waals surface area contributed by atoms with Crippen LogP contribution in [0.15, 0.2) is 53.4 Å². The molecule has 0 bridgehead atoms. The number of imide groups is 1. The molecule has 1 heterocycles. The number of ether oxygens (including phenoxy) is 1. The van der Waals surface area contributed by atoms with Gasteiger partial charge in [-0.2, -0.15) is 0 Å². The van der Waals surface area contributed by atoms with Crippen LogP contribution in [0, 0.1) is 10.1 Å². The summed E-state index contributed by atoms with van der Waals surface area (Å²) in [5.41, 5.74) is 1.47. The number of non-ortho nitro benzene ring substituents is 1. The van der Waals surface area contributed by atoms with Crippen molar-refractivity contribution in [3.63, 3.8) is 0 Å². The quantitative estimate of drug-likeness (QED) is 0.451. The van der Waals surface area contributed by atoms with Crippen LogP contribution in [0.1, 0.15) is 11.1 Å². The Bertz CT molecular complexity index is 908. The van der Waals surface area contributed by atoms with Gasteiger partial charge in [-0.05, 0) is 41.6 Å². The zero-order chi connectivity index (χ0) is 18.7. The van der Waals surface area contributed by atoms with Gasteiger partial charge in [-0.1, -0.05) is 18.2 Å². The Morgan fingerprint density at radius 3 is 2.46 bits per heavy atom. The number of carbonyl (C=O) groups is 2. The van der Waals surface area contributed by atoms with Crippen molar-refractivity contribution in [3.05, 3.63) is 74.7 Å². The van der Waals surface area contributed by atoms with Crippen molar-refractivity contribution >= 4 is 34.7 Å². The molecule has 2 aromatic rings. The maximum Gasteiger partial charge on any atom is 0.293 e. The van der Waals surface area contributed by atoms with Crippen LogP contribution in [0.2, 0.25) is 0 Å². The molecule has 0 saturated carbocycles. The van der Waals surface area contributed by atoms with Gasteiger partial charge in [0.05, 0.1) is 9.83 Å². The van der Waals surface area contributed by atoms with Crippen LogP contribution in [0.3, 0.4) is 0 Å². The van der Waals surface area contributed by atoms with Crippen LogP contribution in [-0.2, 0) is 11.4 Å². The molecule has 0 spiro atoms. The fourth-order valence-corrected chi connectivity index (χ4v) is 3.11. The summed E-state index contributed by atoms with van der Waals surface area (Å²) >= 11 is 0.883. The summed E-state index contributed by atoms with van der Waals surface area (Å²) in [6, 6.07) is 13.2. The molecule has 1 aliphatic heterocycles. The van der Waals surface area contributed by atoms with Crippen LogP contribution < -0.4 is 4.74 Å². The van der Waals surface area contributed by atoms with Gasteiger partial charge in [-0.3, -0.25) is 24.6 Å². The van der Waals surface area contributed by atoms with Crippen molar-refractivity contribution in [2.24, 2.45) is 0 Å². The molecule has 1 saturated heterocycles. The van der Waals surface area contributed by atoms with Gasteiger partial charge in [0.25, 0.3) is 16.8 Å². The van der Waals surface area contributed by atoms with Crippen LogP contribution >= 0.6 is 11.8 Å². The molecular weight excluding hydrogens is 356 g/mol. The number of likely N-dealkylation sites (N-methyl/N-ethyl adjacent to an activating group) is 1. The number of hydrogen-bond acceptors (Lipinski definition) is 6. The van der Waals surface area contributed by atoms with Gasteiger partial charge >= 0.3 is 0 Å². The first kappa shape index (κ1) is 17.7. The minimum Gasteiger partial charge on any atom is -0.488 e. The summed E-state index contributed by atoms with van der Waals surface area (Å²) in [4.78, 5) is 35.3.